The Labute approximate surface area is 159 Å². The van der Waals surface area contributed by atoms with Gasteiger partial charge in [-0.1, -0.05) is 17.7 Å². The molecule has 0 atom stereocenters. The quantitative estimate of drug-likeness (QED) is 0.817. The second-order valence-electron chi connectivity index (χ2n) is 7.12. The fraction of sp³-hybridized carbons (Fsp3) is 0.450. The fourth-order valence-electron chi connectivity index (χ4n) is 3.67. The van der Waals surface area contributed by atoms with E-state index in [0.29, 0.717) is 22.5 Å². The number of aromatic nitrogens is 2. The first kappa shape index (κ1) is 17.1. The molecule has 0 radical (unpaired) electrons. The van der Waals surface area contributed by atoms with E-state index in [2.05, 4.69) is 27.9 Å². The van der Waals surface area contributed by atoms with Gasteiger partial charge in [-0.2, -0.15) is 5.26 Å². The van der Waals surface area contributed by atoms with Gasteiger partial charge in [0.1, 0.15) is 17.7 Å². The molecule has 1 aromatic heterocycles. The third-order valence-electron chi connectivity index (χ3n) is 5.42. The number of nitrogens with zero attached hydrogens (tertiary/aromatic N) is 5. The van der Waals surface area contributed by atoms with Crippen LogP contribution in [0, 0.1) is 11.3 Å². The molecule has 0 bridgehead atoms. The van der Waals surface area contributed by atoms with E-state index in [4.69, 9.17) is 16.6 Å². The summed E-state index contributed by atoms with van der Waals surface area (Å²) in [5.74, 6) is 2.57. The molecular weight excluding hydrogens is 346 g/mol. The van der Waals surface area contributed by atoms with Crippen LogP contribution >= 0.6 is 11.6 Å². The molecule has 6 heteroatoms. The van der Waals surface area contributed by atoms with E-state index in [0.717, 1.165) is 43.3 Å². The van der Waals surface area contributed by atoms with E-state index in [1.54, 1.807) is 6.07 Å². The lowest BCUT2D eigenvalue weighted by Crippen LogP contribution is -2.44. The summed E-state index contributed by atoms with van der Waals surface area (Å²) in [7, 11) is 2.12. The predicted molar refractivity (Wildman–Crippen MR) is 104 cm³/mol. The minimum Gasteiger partial charge on any atom is -0.370 e. The molecule has 1 saturated heterocycles. The lowest BCUT2D eigenvalue weighted by molar-refractivity contribution is 0.479. The largest absolute Gasteiger partial charge is 0.370 e. The molecule has 1 aromatic carbocycles. The molecule has 26 heavy (non-hydrogen) atoms. The molecular formula is C20H22ClN5. The van der Waals surface area contributed by atoms with Crippen molar-refractivity contribution >= 4 is 23.1 Å². The Morgan fingerprint density at radius 3 is 2.65 bits per heavy atom. The van der Waals surface area contributed by atoms with Gasteiger partial charge in [-0.15, -0.1) is 0 Å². The smallest absolute Gasteiger partial charge is 0.133 e. The van der Waals surface area contributed by atoms with Gasteiger partial charge in [-0.3, -0.25) is 0 Å². The average molecular weight is 368 g/mol. The number of benzene rings is 1. The number of nitriles is 1. The third kappa shape index (κ3) is 3.34. The van der Waals surface area contributed by atoms with E-state index >= 15 is 0 Å². The van der Waals surface area contributed by atoms with Crippen molar-refractivity contribution in [2.24, 2.45) is 0 Å². The first-order valence-corrected chi connectivity index (χ1v) is 9.54. The summed E-state index contributed by atoms with van der Waals surface area (Å²) in [4.78, 5) is 13.7. The zero-order valence-electron chi connectivity index (χ0n) is 14.9. The van der Waals surface area contributed by atoms with Crippen molar-refractivity contribution in [3.63, 3.8) is 0 Å². The van der Waals surface area contributed by atoms with Crippen LogP contribution in [0.1, 0.15) is 43.0 Å². The Hall–Kier alpha value is -2.32. The molecule has 2 aromatic rings. The van der Waals surface area contributed by atoms with Gasteiger partial charge in [0.25, 0.3) is 0 Å². The van der Waals surface area contributed by atoms with Gasteiger partial charge in [-0.05, 0) is 43.9 Å². The number of hydrogen-bond acceptors (Lipinski definition) is 5. The van der Waals surface area contributed by atoms with Crippen molar-refractivity contribution in [3.8, 4) is 6.07 Å². The predicted octanol–water partition coefficient (Wildman–Crippen LogP) is 3.98. The van der Waals surface area contributed by atoms with Crippen LogP contribution in [0.3, 0.4) is 0 Å². The van der Waals surface area contributed by atoms with Gasteiger partial charge in [0.15, 0.2) is 0 Å². The van der Waals surface area contributed by atoms with E-state index < -0.39 is 0 Å². The second-order valence-corrected chi connectivity index (χ2v) is 7.53. The molecule has 5 nitrogen and oxygen atoms in total. The maximum atomic E-state index is 9.41. The third-order valence-corrected chi connectivity index (χ3v) is 5.73. The van der Waals surface area contributed by atoms with Crippen LogP contribution < -0.4 is 9.80 Å². The van der Waals surface area contributed by atoms with Crippen LogP contribution in [0.15, 0.2) is 30.5 Å². The van der Waals surface area contributed by atoms with Gasteiger partial charge in [0.05, 0.1) is 16.3 Å². The minimum atomic E-state index is 0.443. The van der Waals surface area contributed by atoms with Crippen molar-refractivity contribution in [1.82, 2.24) is 9.97 Å². The Morgan fingerprint density at radius 2 is 1.96 bits per heavy atom. The highest BCUT2D eigenvalue weighted by Gasteiger charge is 2.28. The maximum Gasteiger partial charge on any atom is 0.133 e. The minimum absolute atomic E-state index is 0.443. The summed E-state index contributed by atoms with van der Waals surface area (Å²) < 4.78 is 0. The SMILES string of the molecule is CN(c1ccnc(C2CC2)n1)C1CCN(c2cccc(Cl)c2C#N)CC1. The van der Waals surface area contributed by atoms with E-state index in [9.17, 15) is 5.26 Å². The average Bonchev–Trinajstić information content (AvgIpc) is 3.53. The number of hydrogen-bond donors (Lipinski definition) is 0. The molecule has 1 aliphatic carbocycles. The molecule has 2 aliphatic rings. The Bertz CT molecular complexity index is 834. The summed E-state index contributed by atoms with van der Waals surface area (Å²) >= 11 is 6.18. The monoisotopic (exact) mass is 367 g/mol. The molecule has 0 amide bonds. The molecule has 134 valence electrons. The molecule has 0 spiro atoms. The van der Waals surface area contributed by atoms with Gasteiger partial charge in [-0.25, -0.2) is 9.97 Å². The second kappa shape index (κ2) is 7.13. The zero-order chi connectivity index (χ0) is 18.1. The highest BCUT2D eigenvalue weighted by atomic mass is 35.5. The zero-order valence-corrected chi connectivity index (χ0v) is 15.7. The summed E-state index contributed by atoms with van der Waals surface area (Å²) in [5.41, 5.74) is 1.52. The lowest BCUT2D eigenvalue weighted by Gasteiger charge is -2.38. The molecule has 0 unspecified atom stereocenters. The van der Waals surface area contributed by atoms with E-state index in [1.165, 1.54) is 12.8 Å². The van der Waals surface area contributed by atoms with Crippen LogP contribution in [0.5, 0.6) is 0 Å². The van der Waals surface area contributed by atoms with Crippen LogP contribution in [0.4, 0.5) is 11.5 Å². The van der Waals surface area contributed by atoms with E-state index in [1.807, 2.05) is 24.4 Å². The topological polar surface area (TPSA) is 56.1 Å². The molecule has 1 saturated carbocycles. The molecule has 2 heterocycles. The molecule has 1 aliphatic heterocycles. The summed E-state index contributed by atoms with van der Waals surface area (Å²) in [6.07, 6.45) is 6.36. The summed E-state index contributed by atoms with van der Waals surface area (Å²) in [5, 5.41) is 9.94. The highest BCUT2D eigenvalue weighted by molar-refractivity contribution is 6.32. The van der Waals surface area contributed by atoms with Gasteiger partial charge < -0.3 is 9.80 Å². The van der Waals surface area contributed by atoms with E-state index in [-0.39, 0.29) is 0 Å². The van der Waals surface area contributed by atoms with Crippen LogP contribution in [0.25, 0.3) is 0 Å². The lowest BCUT2D eigenvalue weighted by atomic mass is 10.0. The highest BCUT2D eigenvalue weighted by Crippen LogP contribution is 2.38. The van der Waals surface area contributed by atoms with Crippen molar-refractivity contribution < 1.29 is 0 Å². The van der Waals surface area contributed by atoms with Crippen molar-refractivity contribution in [3.05, 3.63) is 46.9 Å². The first-order chi connectivity index (χ1) is 12.7. The Morgan fingerprint density at radius 1 is 1.19 bits per heavy atom. The van der Waals surface area contributed by atoms with Crippen molar-refractivity contribution in [2.45, 2.75) is 37.6 Å². The Kier molecular flexibility index (Phi) is 4.69. The number of rotatable bonds is 4. The van der Waals surface area contributed by atoms with Crippen LogP contribution in [-0.2, 0) is 0 Å². The van der Waals surface area contributed by atoms with Crippen LogP contribution in [-0.4, -0.2) is 36.1 Å². The first-order valence-electron chi connectivity index (χ1n) is 9.16. The molecule has 0 N–H and O–H groups in total. The summed E-state index contributed by atoms with van der Waals surface area (Å²) in [6, 6.07) is 10.4. The van der Waals surface area contributed by atoms with Gasteiger partial charge in [0.2, 0.25) is 0 Å². The fourth-order valence-corrected chi connectivity index (χ4v) is 3.88. The van der Waals surface area contributed by atoms with Crippen molar-refractivity contribution in [2.75, 3.05) is 29.9 Å². The normalized spacial score (nSPS) is 17.8. The number of anilines is 2. The molecule has 2 fully saturated rings. The summed E-state index contributed by atoms with van der Waals surface area (Å²) in [6.45, 7) is 1.81. The van der Waals surface area contributed by atoms with Gasteiger partial charge >= 0.3 is 0 Å². The Balaban J connectivity index is 1.44. The number of halogens is 1. The van der Waals surface area contributed by atoms with Crippen LogP contribution in [0.2, 0.25) is 5.02 Å². The van der Waals surface area contributed by atoms with Crippen molar-refractivity contribution in [1.29, 1.82) is 5.26 Å². The standard InChI is InChI=1S/C20H22ClN5/c1-25(19-7-10-23-20(24-19)14-5-6-14)15-8-11-26(12-9-15)18-4-2-3-17(21)16(18)13-22/h2-4,7,10,14-15H,5-6,8-9,11-12H2,1H3. The number of piperidine rings is 1. The maximum absolute atomic E-state index is 9.41. The van der Waals surface area contributed by atoms with Gasteiger partial charge in [0, 0.05) is 38.3 Å². The molecule has 4 rings (SSSR count).